The molecule has 0 radical (unpaired) electrons. The van der Waals surface area contributed by atoms with Gasteiger partial charge in [-0.2, -0.15) is 13.2 Å². The minimum absolute atomic E-state index is 0.0128. The number of carbonyl (C=O) groups excluding carboxylic acids is 3. The Bertz CT molecular complexity index is 945. The van der Waals surface area contributed by atoms with Crippen LogP contribution in [0.2, 0.25) is 0 Å². The van der Waals surface area contributed by atoms with E-state index in [1.807, 2.05) is 5.32 Å². The molecule has 7 nitrogen and oxygen atoms in total. The first-order valence-corrected chi connectivity index (χ1v) is 10.1. The number of ketones is 1. The van der Waals surface area contributed by atoms with Crippen LogP contribution >= 0.6 is 0 Å². The fourth-order valence-electron chi connectivity index (χ4n) is 4.65. The van der Waals surface area contributed by atoms with Crippen LogP contribution in [0, 0.1) is 5.41 Å². The second-order valence-corrected chi connectivity index (χ2v) is 8.99. The molecule has 2 atom stereocenters. The third-order valence-corrected chi connectivity index (χ3v) is 6.00. The van der Waals surface area contributed by atoms with E-state index in [0.29, 0.717) is 13.0 Å². The van der Waals surface area contributed by atoms with E-state index < -0.39 is 46.4 Å². The minimum Gasteiger partial charge on any atom is -0.459 e. The molecule has 0 saturated carbocycles. The summed E-state index contributed by atoms with van der Waals surface area (Å²) in [6.45, 7) is 3.88. The summed E-state index contributed by atoms with van der Waals surface area (Å²) in [5.41, 5.74) is -4.77. The molecular formula is C21H23F3N2O5. The van der Waals surface area contributed by atoms with Crippen molar-refractivity contribution in [2.45, 2.75) is 57.3 Å². The summed E-state index contributed by atoms with van der Waals surface area (Å²) in [5, 5.41) is 1.83. The standard InChI is InChI=1S/C21H23F3N2O5/c1-19(2)9-13-16(14(27)10-19)20(21(22,23)24,25-17(28)15-6-4-8-31-15)18(29)26(13)11-12-5-3-7-30-12/h4,6,8,12H,3,5,7,9-11H2,1-2H3,(H,25,28)/t12-,20+/m1/s1. The molecule has 0 unspecified atom stereocenters. The number of carbonyl (C=O) groups is 3. The molecule has 0 spiro atoms. The number of nitrogens with zero attached hydrogens (tertiary/aromatic N) is 1. The smallest absolute Gasteiger partial charge is 0.425 e. The number of allylic oxidation sites excluding steroid dienone is 1. The van der Waals surface area contributed by atoms with Crippen LogP contribution in [0.15, 0.2) is 34.1 Å². The number of Topliss-reactive ketones (excluding diaryl/α,β-unsaturated/α-hetero) is 1. The number of furan rings is 1. The molecule has 10 heteroatoms. The van der Waals surface area contributed by atoms with Gasteiger partial charge in [0.25, 0.3) is 11.8 Å². The van der Waals surface area contributed by atoms with Gasteiger partial charge in [-0.3, -0.25) is 14.4 Å². The van der Waals surface area contributed by atoms with Crippen molar-refractivity contribution in [1.29, 1.82) is 0 Å². The summed E-state index contributed by atoms with van der Waals surface area (Å²) in [7, 11) is 0. The van der Waals surface area contributed by atoms with E-state index in [1.165, 1.54) is 12.1 Å². The van der Waals surface area contributed by atoms with Gasteiger partial charge in [-0.1, -0.05) is 13.8 Å². The lowest BCUT2D eigenvalue weighted by molar-refractivity contribution is -0.191. The van der Waals surface area contributed by atoms with E-state index in [9.17, 15) is 27.6 Å². The van der Waals surface area contributed by atoms with Gasteiger partial charge in [-0.25, -0.2) is 0 Å². The number of amides is 2. The molecule has 3 aliphatic rings. The Labute approximate surface area is 176 Å². The molecule has 2 aliphatic heterocycles. The van der Waals surface area contributed by atoms with Crippen LogP contribution in [0.4, 0.5) is 13.2 Å². The van der Waals surface area contributed by atoms with E-state index in [-0.39, 0.29) is 30.8 Å². The summed E-state index contributed by atoms with van der Waals surface area (Å²) < 4.78 is 54.2. The van der Waals surface area contributed by atoms with Crippen LogP contribution < -0.4 is 5.32 Å². The van der Waals surface area contributed by atoms with Crippen molar-refractivity contribution < 1.29 is 36.7 Å². The quantitative estimate of drug-likeness (QED) is 0.778. The molecule has 1 aromatic heterocycles. The fraction of sp³-hybridized carbons (Fsp3) is 0.571. The van der Waals surface area contributed by atoms with E-state index in [0.717, 1.165) is 17.6 Å². The normalized spacial score (nSPS) is 28.3. The van der Waals surface area contributed by atoms with Crippen LogP contribution in [-0.4, -0.2) is 53.5 Å². The number of hydrogen-bond donors (Lipinski definition) is 1. The van der Waals surface area contributed by atoms with Gasteiger partial charge in [0.05, 0.1) is 24.5 Å². The van der Waals surface area contributed by atoms with Gasteiger partial charge in [0, 0.05) is 18.7 Å². The van der Waals surface area contributed by atoms with Crippen LogP contribution in [0.25, 0.3) is 0 Å². The molecule has 1 fully saturated rings. The highest BCUT2D eigenvalue weighted by Crippen LogP contribution is 2.52. The van der Waals surface area contributed by atoms with Gasteiger partial charge in [-0.05, 0) is 36.8 Å². The van der Waals surface area contributed by atoms with Gasteiger partial charge in [0.2, 0.25) is 5.54 Å². The number of hydrogen-bond acceptors (Lipinski definition) is 5. The Kier molecular flexibility index (Phi) is 5.03. The van der Waals surface area contributed by atoms with Crippen molar-refractivity contribution in [3.8, 4) is 0 Å². The number of rotatable bonds is 4. The average Bonchev–Trinajstić information content (AvgIpc) is 3.38. The summed E-state index contributed by atoms with van der Waals surface area (Å²) in [5.74, 6) is -3.79. The lowest BCUT2D eigenvalue weighted by Crippen LogP contribution is -2.66. The lowest BCUT2D eigenvalue weighted by atomic mass is 9.72. The highest BCUT2D eigenvalue weighted by atomic mass is 19.4. The molecule has 1 N–H and O–H groups in total. The Balaban J connectivity index is 1.84. The highest BCUT2D eigenvalue weighted by Gasteiger charge is 2.71. The summed E-state index contributed by atoms with van der Waals surface area (Å²) in [4.78, 5) is 40.0. The summed E-state index contributed by atoms with van der Waals surface area (Å²) >= 11 is 0. The average molecular weight is 440 g/mol. The first kappa shape index (κ1) is 21.6. The lowest BCUT2D eigenvalue weighted by Gasteiger charge is -2.35. The highest BCUT2D eigenvalue weighted by molar-refractivity contribution is 6.14. The Morgan fingerprint density at radius 2 is 2.03 bits per heavy atom. The molecule has 1 aliphatic carbocycles. The minimum atomic E-state index is -5.24. The molecule has 0 aromatic carbocycles. The molecule has 3 heterocycles. The molecule has 1 saturated heterocycles. The van der Waals surface area contributed by atoms with Crippen LogP contribution in [-0.2, 0) is 14.3 Å². The predicted molar refractivity (Wildman–Crippen MR) is 101 cm³/mol. The number of halogens is 3. The van der Waals surface area contributed by atoms with Gasteiger partial charge in [-0.15, -0.1) is 0 Å². The number of ether oxygens (including phenoxy) is 1. The van der Waals surface area contributed by atoms with Crippen molar-refractivity contribution in [1.82, 2.24) is 10.2 Å². The number of nitrogens with one attached hydrogen (secondary N) is 1. The SMILES string of the molecule is CC1(C)CC(=O)C2=C(C1)N(C[C@H]1CCCO1)C(=O)[C@]2(NC(=O)c1ccco1)C(F)(F)F. The predicted octanol–water partition coefficient (Wildman–Crippen LogP) is 2.97. The molecular weight excluding hydrogens is 417 g/mol. The van der Waals surface area contributed by atoms with E-state index in [4.69, 9.17) is 9.15 Å². The van der Waals surface area contributed by atoms with Gasteiger partial charge in [0.1, 0.15) is 0 Å². The first-order valence-electron chi connectivity index (χ1n) is 10.1. The van der Waals surface area contributed by atoms with E-state index in [1.54, 1.807) is 13.8 Å². The topological polar surface area (TPSA) is 88.9 Å². The van der Waals surface area contributed by atoms with Gasteiger partial charge >= 0.3 is 6.18 Å². The van der Waals surface area contributed by atoms with Gasteiger partial charge in [0.15, 0.2) is 11.5 Å². The number of alkyl halides is 3. The van der Waals surface area contributed by atoms with Crippen molar-refractivity contribution >= 4 is 17.6 Å². The zero-order valence-corrected chi connectivity index (χ0v) is 17.2. The van der Waals surface area contributed by atoms with Crippen molar-refractivity contribution in [3.63, 3.8) is 0 Å². The van der Waals surface area contributed by atoms with Crippen LogP contribution in [0.1, 0.15) is 50.1 Å². The molecule has 168 valence electrons. The maximum Gasteiger partial charge on any atom is 0.425 e. The zero-order valence-electron chi connectivity index (χ0n) is 17.2. The van der Waals surface area contributed by atoms with Gasteiger partial charge < -0.3 is 19.4 Å². The Morgan fingerprint density at radius 1 is 1.29 bits per heavy atom. The zero-order chi connectivity index (χ0) is 22.6. The monoisotopic (exact) mass is 440 g/mol. The Hall–Kier alpha value is -2.62. The van der Waals surface area contributed by atoms with E-state index >= 15 is 0 Å². The first-order chi connectivity index (χ1) is 14.5. The van der Waals surface area contributed by atoms with Crippen molar-refractivity contribution in [2.24, 2.45) is 5.41 Å². The van der Waals surface area contributed by atoms with E-state index in [2.05, 4.69) is 0 Å². The maximum atomic E-state index is 14.6. The molecule has 2 amide bonds. The second-order valence-electron chi connectivity index (χ2n) is 8.99. The van der Waals surface area contributed by atoms with Crippen LogP contribution in [0.3, 0.4) is 0 Å². The molecule has 1 aromatic rings. The summed E-state index contributed by atoms with van der Waals surface area (Å²) in [6.07, 6.45) is -3.27. The maximum absolute atomic E-state index is 14.6. The molecule has 0 bridgehead atoms. The van der Waals surface area contributed by atoms with Crippen LogP contribution in [0.5, 0.6) is 0 Å². The largest absolute Gasteiger partial charge is 0.459 e. The van der Waals surface area contributed by atoms with Crippen molar-refractivity contribution in [3.05, 3.63) is 35.4 Å². The summed E-state index contributed by atoms with van der Waals surface area (Å²) in [6, 6.07) is 2.53. The molecule has 4 rings (SSSR count). The third kappa shape index (κ3) is 3.46. The van der Waals surface area contributed by atoms with Crippen molar-refractivity contribution in [2.75, 3.05) is 13.2 Å². The third-order valence-electron chi connectivity index (χ3n) is 6.00. The molecule has 31 heavy (non-hydrogen) atoms. The fourth-order valence-corrected chi connectivity index (χ4v) is 4.65. The second kappa shape index (κ2) is 7.22. The Morgan fingerprint density at radius 3 is 2.61 bits per heavy atom.